The molecule has 7 nitrogen and oxygen atoms in total. The van der Waals surface area contributed by atoms with Crippen LogP contribution < -0.4 is 15.8 Å². The van der Waals surface area contributed by atoms with E-state index < -0.39 is 0 Å². The third-order valence-electron chi connectivity index (χ3n) is 4.67. The van der Waals surface area contributed by atoms with E-state index in [-0.39, 0.29) is 5.95 Å². The predicted molar refractivity (Wildman–Crippen MR) is 111 cm³/mol. The number of benzene rings is 1. The van der Waals surface area contributed by atoms with Gasteiger partial charge in [0.15, 0.2) is 5.82 Å². The van der Waals surface area contributed by atoms with Crippen molar-refractivity contribution in [1.82, 2.24) is 14.5 Å². The molecule has 146 valence electrons. The number of nitrogens with zero attached hydrogens (tertiary/aromatic N) is 4. The lowest BCUT2D eigenvalue weighted by atomic mass is 10.1. The third kappa shape index (κ3) is 4.34. The summed E-state index contributed by atoms with van der Waals surface area (Å²) in [6.45, 7) is 3.61. The van der Waals surface area contributed by atoms with Crippen LogP contribution in [0, 0.1) is 11.3 Å². The van der Waals surface area contributed by atoms with Crippen LogP contribution in [0.3, 0.4) is 0 Å². The molecule has 3 N–H and O–H groups in total. The van der Waals surface area contributed by atoms with Gasteiger partial charge >= 0.3 is 0 Å². The van der Waals surface area contributed by atoms with Gasteiger partial charge in [-0.15, -0.1) is 0 Å². The molecule has 1 aromatic carbocycles. The van der Waals surface area contributed by atoms with Gasteiger partial charge in [-0.3, -0.25) is 0 Å². The van der Waals surface area contributed by atoms with Crippen LogP contribution in [0.5, 0.6) is 5.75 Å². The summed E-state index contributed by atoms with van der Waals surface area (Å²) < 4.78 is 7.61. The summed E-state index contributed by atoms with van der Waals surface area (Å²) in [5.41, 5.74) is 9.58. The summed E-state index contributed by atoms with van der Waals surface area (Å²) in [6, 6.07) is 9.98. The Bertz CT molecular complexity index is 988. The van der Waals surface area contributed by atoms with Crippen molar-refractivity contribution in [3.63, 3.8) is 0 Å². The molecule has 7 heteroatoms. The third-order valence-corrected chi connectivity index (χ3v) is 4.67. The number of ether oxygens (including phenoxy) is 1. The van der Waals surface area contributed by atoms with E-state index in [1.165, 1.54) is 6.42 Å². The molecule has 0 saturated carbocycles. The molecule has 0 atom stereocenters. The Kier molecular flexibility index (Phi) is 6.33. The molecule has 3 rings (SSSR count). The lowest BCUT2D eigenvalue weighted by Gasteiger charge is -2.14. The maximum Gasteiger partial charge on any atom is 0.222 e. The molecule has 0 bridgehead atoms. The minimum absolute atomic E-state index is 0.261. The average Bonchev–Trinajstić information content (AvgIpc) is 3.08. The highest BCUT2D eigenvalue weighted by molar-refractivity contribution is 5.87. The van der Waals surface area contributed by atoms with Gasteiger partial charge in [0.2, 0.25) is 5.95 Å². The SMILES string of the molecule is CCCCCNc1nc(N)nc2ccn(Cc3cc(CC#N)ccc3OC)c12. The monoisotopic (exact) mass is 378 g/mol. The summed E-state index contributed by atoms with van der Waals surface area (Å²) in [4.78, 5) is 8.79. The molecule has 0 amide bonds. The highest BCUT2D eigenvalue weighted by Gasteiger charge is 2.13. The fraction of sp³-hybridized carbons (Fsp3) is 0.381. The van der Waals surface area contributed by atoms with Gasteiger partial charge in [-0.1, -0.05) is 25.8 Å². The molecular weight excluding hydrogens is 352 g/mol. The minimum atomic E-state index is 0.261. The number of fused-ring (bicyclic) bond motifs is 1. The van der Waals surface area contributed by atoms with Crippen molar-refractivity contribution < 1.29 is 4.74 Å². The van der Waals surface area contributed by atoms with E-state index >= 15 is 0 Å². The highest BCUT2D eigenvalue weighted by atomic mass is 16.5. The second kappa shape index (κ2) is 9.09. The Morgan fingerprint density at radius 3 is 2.86 bits per heavy atom. The fourth-order valence-electron chi connectivity index (χ4n) is 3.30. The normalized spacial score (nSPS) is 10.8. The number of methoxy groups -OCH3 is 1. The summed E-state index contributed by atoms with van der Waals surface area (Å²) in [7, 11) is 1.65. The van der Waals surface area contributed by atoms with Gasteiger partial charge in [-0.05, 0) is 30.2 Å². The molecule has 0 aliphatic rings. The van der Waals surface area contributed by atoms with Crippen molar-refractivity contribution in [1.29, 1.82) is 5.26 Å². The first-order chi connectivity index (χ1) is 13.7. The van der Waals surface area contributed by atoms with Gasteiger partial charge in [0.05, 0.1) is 31.7 Å². The van der Waals surface area contributed by atoms with Crippen LogP contribution in [-0.4, -0.2) is 28.2 Å². The van der Waals surface area contributed by atoms with Crippen LogP contribution >= 0.6 is 0 Å². The predicted octanol–water partition coefficient (Wildman–Crippen LogP) is 3.74. The van der Waals surface area contributed by atoms with Gasteiger partial charge in [0.1, 0.15) is 11.3 Å². The molecule has 2 aromatic heterocycles. The number of aromatic nitrogens is 3. The molecule has 0 fully saturated rings. The molecular formula is C21H26N6O. The Labute approximate surface area is 165 Å². The number of nitrogen functional groups attached to an aromatic ring is 1. The first-order valence-electron chi connectivity index (χ1n) is 9.55. The molecule has 0 saturated heterocycles. The minimum Gasteiger partial charge on any atom is -0.496 e. The highest BCUT2D eigenvalue weighted by Crippen LogP contribution is 2.27. The van der Waals surface area contributed by atoms with E-state index in [9.17, 15) is 0 Å². The number of unbranched alkanes of at least 4 members (excludes halogenated alkanes) is 2. The second-order valence-electron chi connectivity index (χ2n) is 6.72. The topological polar surface area (TPSA) is 102 Å². The maximum absolute atomic E-state index is 8.99. The summed E-state index contributed by atoms with van der Waals surface area (Å²) in [6.07, 6.45) is 5.76. The van der Waals surface area contributed by atoms with Crippen molar-refractivity contribution in [2.24, 2.45) is 0 Å². The van der Waals surface area contributed by atoms with E-state index in [0.29, 0.717) is 13.0 Å². The van der Waals surface area contributed by atoms with Gasteiger partial charge in [-0.25, -0.2) is 4.98 Å². The van der Waals surface area contributed by atoms with Crippen molar-refractivity contribution >= 4 is 22.8 Å². The number of rotatable bonds is 9. The standard InChI is InChI=1S/C21H26N6O/c1-3-4-5-11-24-20-19-17(25-21(23)26-20)9-12-27(19)14-16-13-15(8-10-22)6-7-18(16)28-2/h6-7,9,12-13H,3-5,8,11,14H2,1-2H3,(H3,23,24,25,26). The summed E-state index contributed by atoms with van der Waals surface area (Å²) >= 11 is 0. The van der Waals surface area contributed by atoms with Gasteiger partial charge in [0, 0.05) is 18.3 Å². The molecule has 2 heterocycles. The van der Waals surface area contributed by atoms with Crippen molar-refractivity contribution in [3.8, 4) is 11.8 Å². The number of hydrogen-bond donors (Lipinski definition) is 2. The molecule has 0 spiro atoms. The second-order valence-corrected chi connectivity index (χ2v) is 6.72. The molecule has 3 aromatic rings. The van der Waals surface area contributed by atoms with Crippen molar-refractivity contribution in [2.75, 3.05) is 24.7 Å². The zero-order valence-electron chi connectivity index (χ0n) is 16.4. The van der Waals surface area contributed by atoms with E-state index in [1.54, 1.807) is 7.11 Å². The van der Waals surface area contributed by atoms with Crippen molar-refractivity contribution in [3.05, 3.63) is 41.6 Å². The summed E-state index contributed by atoms with van der Waals surface area (Å²) in [5.74, 6) is 1.80. The first kappa shape index (κ1) is 19.5. The molecule has 0 radical (unpaired) electrons. The van der Waals surface area contributed by atoms with E-state index in [0.717, 1.165) is 53.1 Å². The molecule has 0 aliphatic carbocycles. The number of hydrogen-bond acceptors (Lipinski definition) is 6. The largest absolute Gasteiger partial charge is 0.496 e. The zero-order valence-corrected chi connectivity index (χ0v) is 16.4. The van der Waals surface area contributed by atoms with Crippen LogP contribution in [0.4, 0.5) is 11.8 Å². The smallest absolute Gasteiger partial charge is 0.222 e. The Hall–Kier alpha value is -3.27. The van der Waals surface area contributed by atoms with Gasteiger partial charge in [0.25, 0.3) is 0 Å². The van der Waals surface area contributed by atoms with Crippen LogP contribution in [0.2, 0.25) is 0 Å². The van der Waals surface area contributed by atoms with Gasteiger partial charge in [-0.2, -0.15) is 10.2 Å². The first-order valence-corrected chi connectivity index (χ1v) is 9.55. The van der Waals surface area contributed by atoms with E-state index in [4.69, 9.17) is 15.7 Å². The van der Waals surface area contributed by atoms with Crippen LogP contribution in [0.25, 0.3) is 11.0 Å². The van der Waals surface area contributed by atoms with Crippen molar-refractivity contribution in [2.45, 2.75) is 39.2 Å². The average molecular weight is 378 g/mol. The Morgan fingerprint density at radius 1 is 1.25 bits per heavy atom. The number of nitrogens with two attached hydrogens (primary N) is 1. The van der Waals surface area contributed by atoms with Gasteiger partial charge < -0.3 is 20.4 Å². The Morgan fingerprint density at radius 2 is 2.11 bits per heavy atom. The molecule has 28 heavy (non-hydrogen) atoms. The maximum atomic E-state index is 8.99. The number of nitriles is 1. The van der Waals surface area contributed by atoms with Crippen LogP contribution in [-0.2, 0) is 13.0 Å². The zero-order chi connectivity index (χ0) is 19.9. The lowest BCUT2D eigenvalue weighted by molar-refractivity contribution is 0.408. The van der Waals surface area contributed by atoms with E-state index in [1.807, 2.05) is 30.5 Å². The lowest BCUT2D eigenvalue weighted by Crippen LogP contribution is -2.09. The van der Waals surface area contributed by atoms with E-state index in [2.05, 4.69) is 32.8 Å². The number of anilines is 2. The molecule has 0 aliphatic heterocycles. The van der Waals surface area contributed by atoms with Crippen LogP contribution in [0.1, 0.15) is 37.3 Å². The summed E-state index contributed by atoms with van der Waals surface area (Å²) in [5, 5.41) is 12.4. The number of nitrogens with one attached hydrogen (secondary N) is 1. The fourth-order valence-corrected chi connectivity index (χ4v) is 3.30. The molecule has 0 unspecified atom stereocenters. The quantitative estimate of drug-likeness (QED) is 0.550. The Balaban J connectivity index is 1.95. The van der Waals surface area contributed by atoms with Crippen LogP contribution in [0.15, 0.2) is 30.5 Å².